The molecule has 5 nitrogen and oxygen atoms in total. The van der Waals surface area contributed by atoms with Crippen LogP contribution in [0.2, 0.25) is 0 Å². The first-order valence-corrected chi connectivity index (χ1v) is 8.88. The highest BCUT2D eigenvalue weighted by atomic mass is 16.2. The van der Waals surface area contributed by atoms with Gasteiger partial charge in [-0.1, -0.05) is 36.4 Å². The van der Waals surface area contributed by atoms with E-state index in [9.17, 15) is 4.79 Å². The number of amides is 1. The Kier molecular flexibility index (Phi) is 6.01. The lowest BCUT2D eigenvalue weighted by molar-refractivity contribution is -0.131. The molecule has 0 spiro atoms. The fraction of sp³-hybridized carbons (Fsp3) is 0.400. The van der Waals surface area contributed by atoms with Crippen LogP contribution in [0.25, 0.3) is 0 Å². The third-order valence-electron chi connectivity index (χ3n) is 4.61. The first kappa shape index (κ1) is 17.4. The van der Waals surface area contributed by atoms with E-state index in [1.54, 1.807) is 0 Å². The number of hydrogen-bond acceptors (Lipinski definition) is 4. The number of carbonyl (C=O) groups is 1. The first-order chi connectivity index (χ1) is 12.2. The van der Waals surface area contributed by atoms with E-state index < -0.39 is 0 Å². The molecule has 2 heterocycles. The molecule has 0 radical (unpaired) electrons. The Morgan fingerprint density at radius 1 is 1.04 bits per heavy atom. The molecule has 0 saturated carbocycles. The summed E-state index contributed by atoms with van der Waals surface area (Å²) in [4.78, 5) is 23.3. The standard InChI is InChI=1S/C20H26N4O/c1-22(17-18-7-3-2-4-8-18)12-10-20(25)24-15-13-23(14-16-24)19-9-5-6-11-21-19/h2-9,11H,10,12-17H2,1H3. The summed E-state index contributed by atoms with van der Waals surface area (Å²) >= 11 is 0. The van der Waals surface area contributed by atoms with Crippen molar-refractivity contribution < 1.29 is 4.79 Å². The zero-order valence-electron chi connectivity index (χ0n) is 14.8. The second-order valence-electron chi connectivity index (χ2n) is 6.53. The third kappa shape index (κ3) is 5.03. The number of benzene rings is 1. The zero-order chi connectivity index (χ0) is 17.5. The van der Waals surface area contributed by atoms with Crippen molar-refractivity contribution in [2.45, 2.75) is 13.0 Å². The molecule has 132 valence electrons. The SMILES string of the molecule is CN(CCC(=O)N1CCN(c2ccccn2)CC1)Cc1ccccc1. The van der Waals surface area contributed by atoms with Gasteiger partial charge < -0.3 is 14.7 Å². The molecule has 1 saturated heterocycles. The number of pyridine rings is 1. The highest BCUT2D eigenvalue weighted by molar-refractivity contribution is 5.76. The Morgan fingerprint density at radius 3 is 2.44 bits per heavy atom. The molecule has 2 aromatic rings. The molecule has 3 rings (SSSR count). The molecule has 25 heavy (non-hydrogen) atoms. The summed E-state index contributed by atoms with van der Waals surface area (Å²) in [7, 11) is 2.07. The van der Waals surface area contributed by atoms with E-state index in [2.05, 4.69) is 46.1 Å². The number of hydrogen-bond donors (Lipinski definition) is 0. The smallest absolute Gasteiger partial charge is 0.223 e. The van der Waals surface area contributed by atoms with Gasteiger partial charge in [-0.2, -0.15) is 0 Å². The summed E-state index contributed by atoms with van der Waals surface area (Å²) in [5.41, 5.74) is 1.28. The number of carbonyl (C=O) groups excluding carboxylic acids is 1. The molecular weight excluding hydrogens is 312 g/mol. The summed E-state index contributed by atoms with van der Waals surface area (Å²) < 4.78 is 0. The van der Waals surface area contributed by atoms with Crippen LogP contribution in [0.5, 0.6) is 0 Å². The van der Waals surface area contributed by atoms with Crippen LogP contribution in [0.3, 0.4) is 0 Å². The number of piperazine rings is 1. The lowest BCUT2D eigenvalue weighted by atomic mass is 10.2. The predicted octanol–water partition coefficient (Wildman–Crippen LogP) is 2.25. The van der Waals surface area contributed by atoms with E-state index in [0.29, 0.717) is 6.42 Å². The minimum absolute atomic E-state index is 0.251. The number of nitrogens with zero attached hydrogens (tertiary/aromatic N) is 4. The van der Waals surface area contributed by atoms with Crippen LogP contribution in [0, 0.1) is 0 Å². The van der Waals surface area contributed by atoms with Gasteiger partial charge in [-0.25, -0.2) is 4.98 Å². The van der Waals surface area contributed by atoms with Crippen molar-refractivity contribution in [1.82, 2.24) is 14.8 Å². The van der Waals surface area contributed by atoms with Crippen LogP contribution in [0.1, 0.15) is 12.0 Å². The van der Waals surface area contributed by atoms with Gasteiger partial charge in [0.25, 0.3) is 0 Å². The van der Waals surface area contributed by atoms with Crippen molar-refractivity contribution in [2.75, 3.05) is 44.7 Å². The van der Waals surface area contributed by atoms with Gasteiger partial charge in [0.05, 0.1) is 0 Å². The maximum Gasteiger partial charge on any atom is 0.223 e. The van der Waals surface area contributed by atoms with Crippen LogP contribution in [0.15, 0.2) is 54.7 Å². The minimum atomic E-state index is 0.251. The van der Waals surface area contributed by atoms with E-state index in [1.807, 2.05) is 35.4 Å². The molecule has 0 atom stereocenters. The van der Waals surface area contributed by atoms with Crippen molar-refractivity contribution in [2.24, 2.45) is 0 Å². The molecule has 1 fully saturated rings. The first-order valence-electron chi connectivity index (χ1n) is 8.88. The molecule has 5 heteroatoms. The third-order valence-corrected chi connectivity index (χ3v) is 4.61. The van der Waals surface area contributed by atoms with Gasteiger partial charge in [0.1, 0.15) is 5.82 Å². The Labute approximate surface area is 149 Å². The van der Waals surface area contributed by atoms with Gasteiger partial charge in [0.15, 0.2) is 0 Å². The number of anilines is 1. The number of aromatic nitrogens is 1. The highest BCUT2D eigenvalue weighted by Crippen LogP contribution is 2.13. The molecule has 1 aromatic heterocycles. The number of rotatable bonds is 6. The van der Waals surface area contributed by atoms with Crippen LogP contribution in [-0.2, 0) is 11.3 Å². The summed E-state index contributed by atoms with van der Waals surface area (Å²) in [5, 5.41) is 0. The fourth-order valence-corrected chi connectivity index (χ4v) is 3.14. The van der Waals surface area contributed by atoms with E-state index in [-0.39, 0.29) is 5.91 Å². The Balaban J connectivity index is 1.40. The van der Waals surface area contributed by atoms with Gasteiger partial charge >= 0.3 is 0 Å². The molecule has 0 unspecified atom stereocenters. The van der Waals surface area contributed by atoms with E-state index >= 15 is 0 Å². The average Bonchev–Trinajstić information content (AvgIpc) is 2.68. The molecule has 1 aromatic carbocycles. The minimum Gasteiger partial charge on any atom is -0.353 e. The quantitative estimate of drug-likeness (QED) is 0.810. The predicted molar refractivity (Wildman–Crippen MR) is 100 cm³/mol. The largest absolute Gasteiger partial charge is 0.353 e. The van der Waals surface area contributed by atoms with Crippen molar-refractivity contribution in [3.8, 4) is 0 Å². The lowest BCUT2D eigenvalue weighted by Gasteiger charge is -2.35. The molecule has 0 N–H and O–H groups in total. The van der Waals surface area contributed by atoms with Gasteiger partial charge in [0.2, 0.25) is 5.91 Å². The van der Waals surface area contributed by atoms with E-state index in [0.717, 1.165) is 45.1 Å². The zero-order valence-corrected chi connectivity index (χ0v) is 14.8. The van der Waals surface area contributed by atoms with E-state index in [4.69, 9.17) is 0 Å². The molecule has 1 aliphatic rings. The summed E-state index contributed by atoms with van der Waals surface area (Å²) in [6, 6.07) is 16.3. The Hall–Kier alpha value is -2.40. The van der Waals surface area contributed by atoms with Gasteiger partial charge in [-0.3, -0.25) is 4.79 Å². The van der Waals surface area contributed by atoms with Crippen LogP contribution in [-0.4, -0.2) is 60.5 Å². The summed E-state index contributed by atoms with van der Waals surface area (Å²) in [6.07, 6.45) is 2.39. The van der Waals surface area contributed by atoms with E-state index in [1.165, 1.54) is 5.56 Å². The molecule has 1 amide bonds. The second kappa shape index (κ2) is 8.62. The van der Waals surface area contributed by atoms with Crippen molar-refractivity contribution >= 4 is 11.7 Å². The molecule has 0 bridgehead atoms. The summed E-state index contributed by atoms with van der Waals surface area (Å²) in [6.45, 7) is 4.91. The van der Waals surface area contributed by atoms with Gasteiger partial charge in [0, 0.05) is 51.9 Å². The lowest BCUT2D eigenvalue weighted by Crippen LogP contribution is -2.49. The topological polar surface area (TPSA) is 39.7 Å². The molecule has 0 aliphatic carbocycles. The maximum absolute atomic E-state index is 12.5. The van der Waals surface area contributed by atoms with Gasteiger partial charge in [-0.05, 0) is 24.7 Å². The van der Waals surface area contributed by atoms with Gasteiger partial charge in [-0.15, -0.1) is 0 Å². The normalized spacial score (nSPS) is 14.8. The average molecular weight is 338 g/mol. The van der Waals surface area contributed by atoms with Crippen molar-refractivity contribution in [1.29, 1.82) is 0 Å². The van der Waals surface area contributed by atoms with Crippen molar-refractivity contribution in [3.63, 3.8) is 0 Å². The molecular formula is C20H26N4O. The maximum atomic E-state index is 12.5. The molecule has 1 aliphatic heterocycles. The summed E-state index contributed by atoms with van der Waals surface area (Å²) in [5.74, 6) is 1.25. The van der Waals surface area contributed by atoms with Crippen LogP contribution >= 0.6 is 0 Å². The highest BCUT2D eigenvalue weighted by Gasteiger charge is 2.21. The second-order valence-corrected chi connectivity index (χ2v) is 6.53. The monoisotopic (exact) mass is 338 g/mol. The van der Waals surface area contributed by atoms with Crippen LogP contribution in [0.4, 0.5) is 5.82 Å². The van der Waals surface area contributed by atoms with Crippen molar-refractivity contribution in [3.05, 3.63) is 60.3 Å². The Morgan fingerprint density at radius 2 is 1.76 bits per heavy atom. The Bertz CT molecular complexity index is 654. The fourth-order valence-electron chi connectivity index (χ4n) is 3.14. The van der Waals surface area contributed by atoms with Crippen LogP contribution < -0.4 is 4.90 Å².